The van der Waals surface area contributed by atoms with Crippen molar-refractivity contribution in [3.8, 4) is 0 Å². The van der Waals surface area contributed by atoms with Crippen LogP contribution in [0, 0.1) is 5.41 Å². The van der Waals surface area contributed by atoms with Crippen molar-refractivity contribution in [3.63, 3.8) is 0 Å². The van der Waals surface area contributed by atoms with Gasteiger partial charge in [-0.25, -0.2) is 0 Å². The predicted octanol–water partition coefficient (Wildman–Crippen LogP) is 2.54. The van der Waals surface area contributed by atoms with Gasteiger partial charge in [0.1, 0.15) is 0 Å². The van der Waals surface area contributed by atoms with Gasteiger partial charge in [-0.2, -0.15) is 0 Å². The predicted molar refractivity (Wildman–Crippen MR) is 76.1 cm³/mol. The highest BCUT2D eigenvalue weighted by atomic mass is 16.4. The van der Waals surface area contributed by atoms with E-state index in [2.05, 4.69) is 31.1 Å². The standard InChI is InChI=1S/C15H22N2O3/c1-15(2,3)9-12(11-5-4-8-16-10-11)17-13(18)6-7-14(19)20/h4-5,8,10,12H,6-7,9H2,1-3H3,(H,17,18)(H,19,20). The molecule has 5 nitrogen and oxygen atoms in total. The molecule has 1 aromatic rings. The number of carbonyl (C=O) groups is 2. The fraction of sp³-hybridized carbons (Fsp3) is 0.533. The molecule has 0 aromatic carbocycles. The van der Waals surface area contributed by atoms with Crippen LogP contribution in [-0.2, 0) is 9.59 Å². The van der Waals surface area contributed by atoms with Gasteiger partial charge < -0.3 is 10.4 Å². The van der Waals surface area contributed by atoms with Gasteiger partial charge >= 0.3 is 5.97 Å². The molecule has 1 heterocycles. The largest absolute Gasteiger partial charge is 0.481 e. The molecule has 0 aliphatic carbocycles. The van der Waals surface area contributed by atoms with Crippen LogP contribution in [0.5, 0.6) is 0 Å². The summed E-state index contributed by atoms with van der Waals surface area (Å²) in [7, 11) is 0. The van der Waals surface area contributed by atoms with Crippen LogP contribution < -0.4 is 5.32 Å². The van der Waals surface area contributed by atoms with Crippen molar-refractivity contribution in [1.29, 1.82) is 0 Å². The van der Waals surface area contributed by atoms with Crippen LogP contribution >= 0.6 is 0 Å². The summed E-state index contributed by atoms with van der Waals surface area (Å²) in [5, 5.41) is 11.5. The third kappa shape index (κ3) is 6.31. The summed E-state index contributed by atoms with van der Waals surface area (Å²) in [5.41, 5.74) is 0.978. The van der Waals surface area contributed by atoms with E-state index in [0.29, 0.717) is 0 Å². The molecule has 1 unspecified atom stereocenters. The van der Waals surface area contributed by atoms with Crippen LogP contribution in [0.25, 0.3) is 0 Å². The number of carbonyl (C=O) groups excluding carboxylic acids is 1. The number of carboxylic acids is 1. The van der Waals surface area contributed by atoms with Gasteiger partial charge in [-0.3, -0.25) is 14.6 Å². The Balaban J connectivity index is 2.73. The summed E-state index contributed by atoms with van der Waals surface area (Å²) >= 11 is 0. The topological polar surface area (TPSA) is 79.3 Å². The highest BCUT2D eigenvalue weighted by molar-refractivity contribution is 5.80. The zero-order valence-corrected chi connectivity index (χ0v) is 12.2. The minimum Gasteiger partial charge on any atom is -0.481 e. The molecule has 0 saturated heterocycles. The molecule has 20 heavy (non-hydrogen) atoms. The molecule has 2 N–H and O–H groups in total. The van der Waals surface area contributed by atoms with Gasteiger partial charge in [0.2, 0.25) is 5.91 Å². The second-order valence-corrected chi connectivity index (χ2v) is 6.06. The first-order chi connectivity index (χ1) is 9.28. The maximum atomic E-state index is 11.8. The van der Waals surface area contributed by atoms with E-state index in [-0.39, 0.29) is 30.2 Å². The third-order valence-electron chi connectivity index (χ3n) is 2.80. The van der Waals surface area contributed by atoms with E-state index in [9.17, 15) is 9.59 Å². The Hall–Kier alpha value is -1.91. The minimum atomic E-state index is -0.964. The van der Waals surface area contributed by atoms with Crippen LogP contribution in [0.3, 0.4) is 0 Å². The minimum absolute atomic E-state index is 0.00373. The number of pyridine rings is 1. The van der Waals surface area contributed by atoms with Gasteiger partial charge in [-0.05, 0) is 23.5 Å². The molecule has 0 fully saturated rings. The first-order valence-electron chi connectivity index (χ1n) is 6.69. The molecular formula is C15H22N2O3. The SMILES string of the molecule is CC(C)(C)CC(NC(=O)CCC(=O)O)c1cccnc1. The van der Waals surface area contributed by atoms with Crippen molar-refractivity contribution in [2.45, 2.75) is 46.1 Å². The average molecular weight is 278 g/mol. The molecule has 110 valence electrons. The summed E-state index contributed by atoms with van der Waals surface area (Å²) in [6.07, 6.45) is 4.02. The summed E-state index contributed by atoms with van der Waals surface area (Å²) in [5.74, 6) is -1.21. The third-order valence-corrected chi connectivity index (χ3v) is 2.80. The number of rotatable bonds is 6. The summed E-state index contributed by atoms with van der Waals surface area (Å²) in [4.78, 5) is 26.4. The van der Waals surface area contributed by atoms with E-state index in [4.69, 9.17) is 5.11 Å². The molecule has 0 aliphatic rings. The Bertz CT molecular complexity index is 452. The Morgan fingerprint density at radius 1 is 1.35 bits per heavy atom. The molecular weight excluding hydrogens is 256 g/mol. The fourth-order valence-corrected chi connectivity index (χ4v) is 1.93. The van der Waals surface area contributed by atoms with E-state index in [1.807, 2.05) is 12.1 Å². The van der Waals surface area contributed by atoms with Crippen LogP contribution in [0.1, 0.15) is 51.6 Å². The van der Waals surface area contributed by atoms with Crippen molar-refractivity contribution < 1.29 is 14.7 Å². The van der Waals surface area contributed by atoms with Crippen LogP contribution in [0.4, 0.5) is 0 Å². The zero-order chi connectivity index (χ0) is 15.2. The Labute approximate surface area is 119 Å². The fourth-order valence-electron chi connectivity index (χ4n) is 1.93. The smallest absolute Gasteiger partial charge is 0.303 e. The van der Waals surface area contributed by atoms with Crippen LogP contribution in [-0.4, -0.2) is 22.0 Å². The van der Waals surface area contributed by atoms with Gasteiger partial charge in [0, 0.05) is 18.8 Å². The van der Waals surface area contributed by atoms with Crippen molar-refractivity contribution >= 4 is 11.9 Å². The first kappa shape index (κ1) is 16.1. The van der Waals surface area contributed by atoms with Crippen LogP contribution in [0.2, 0.25) is 0 Å². The van der Waals surface area contributed by atoms with Crippen molar-refractivity contribution in [2.24, 2.45) is 5.41 Å². The lowest BCUT2D eigenvalue weighted by Crippen LogP contribution is -2.31. The number of hydrogen-bond acceptors (Lipinski definition) is 3. The van der Waals surface area contributed by atoms with Gasteiger partial charge in [0.25, 0.3) is 0 Å². The molecule has 5 heteroatoms. The number of nitrogens with zero attached hydrogens (tertiary/aromatic N) is 1. The maximum absolute atomic E-state index is 11.8. The summed E-state index contributed by atoms with van der Waals surface area (Å²) in [6.45, 7) is 6.29. The molecule has 0 radical (unpaired) electrons. The van der Waals surface area contributed by atoms with Crippen molar-refractivity contribution in [1.82, 2.24) is 10.3 Å². The number of amides is 1. The number of nitrogens with one attached hydrogen (secondary N) is 1. The number of aromatic nitrogens is 1. The quantitative estimate of drug-likeness (QED) is 0.838. The van der Waals surface area contributed by atoms with E-state index >= 15 is 0 Å². The molecule has 0 aliphatic heterocycles. The van der Waals surface area contributed by atoms with E-state index in [1.54, 1.807) is 12.4 Å². The highest BCUT2D eigenvalue weighted by Gasteiger charge is 2.22. The number of aliphatic carboxylic acids is 1. The molecule has 0 bridgehead atoms. The van der Waals surface area contributed by atoms with Gasteiger partial charge in [-0.1, -0.05) is 26.8 Å². The van der Waals surface area contributed by atoms with E-state index in [1.165, 1.54) is 0 Å². The monoisotopic (exact) mass is 278 g/mol. The Morgan fingerprint density at radius 2 is 2.05 bits per heavy atom. The second kappa shape index (κ2) is 7.03. The normalized spacial score (nSPS) is 12.8. The zero-order valence-electron chi connectivity index (χ0n) is 12.2. The maximum Gasteiger partial charge on any atom is 0.303 e. The molecule has 1 aromatic heterocycles. The molecule has 1 atom stereocenters. The van der Waals surface area contributed by atoms with Crippen LogP contribution in [0.15, 0.2) is 24.5 Å². The lowest BCUT2D eigenvalue weighted by molar-refractivity contribution is -0.139. The molecule has 0 saturated carbocycles. The molecule has 1 rings (SSSR count). The van der Waals surface area contributed by atoms with Gasteiger partial charge in [0.05, 0.1) is 12.5 Å². The Kier molecular flexibility index (Phi) is 5.67. The van der Waals surface area contributed by atoms with Gasteiger partial charge in [-0.15, -0.1) is 0 Å². The van der Waals surface area contributed by atoms with E-state index in [0.717, 1.165) is 12.0 Å². The van der Waals surface area contributed by atoms with Gasteiger partial charge in [0.15, 0.2) is 0 Å². The summed E-state index contributed by atoms with van der Waals surface area (Å²) in [6, 6.07) is 3.60. The second-order valence-electron chi connectivity index (χ2n) is 6.06. The highest BCUT2D eigenvalue weighted by Crippen LogP contribution is 2.29. The first-order valence-corrected chi connectivity index (χ1v) is 6.69. The summed E-state index contributed by atoms with van der Waals surface area (Å²) < 4.78 is 0. The van der Waals surface area contributed by atoms with Crippen molar-refractivity contribution in [3.05, 3.63) is 30.1 Å². The lowest BCUT2D eigenvalue weighted by Gasteiger charge is -2.27. The van der Waals surface area contributed by atoms with E-state index < -0.39 is 5.97 Å². The molecule has 1 amide bonds. The Morgan fingerprint density at radius 3 is 2.55 bits per heavy atom. The number of carboxylic acid groups (broad SMARTS) is 1. The molecule has 0 spiro atoms. The van der Waals surface area contributed by atoms with Crippen molar-refractivity contribution in [2.75, 3.05) is 0 Å². The lowest BCUT2D eigenvalue weighted by atomic mass is 9.86. The number of hydrogen-bond donors (Lipinski definition) is 2. The average Bonchev–Trinajstić information content (AvgIpc) is 2.35.